The molecule has 6 heteroatoms. The summed E-state index contributed by atoms with van der Waals surface area (Å²) in [5.41, 5.74) is 1.43. The molecule has 1 fully saturated rings. The number of carbonyl (C=O) groups excluding carboxylic acids is 1. The Kier molecular flexibility index (Phi) is 4.17. The molecule has 0 saturated heterocycles. The van der Waals surface area contributed by atoms with Crippen LogP contribution in [0.5, 0.6) is 17.2 Å². The van der Waals surface area contributed by atoms with E-state index in [4.69, 9.17) is 21.1 Å². The lowest BCUT2D eigenvalue weighted by Gasteiger charge is -2.23. The fraction of sp³-hybridized carbons (Fsp3) is 0.316. The molecule has 2 N–H and O–H groups in total. The highest BCUT2D eigenvalue weighted by atomic mass is 35.5. The summed E-state index contributed by atoms with van der Waals surface area (Å²) >= 11 is 5.91. The maximum absolute atomic E-state index is 12.6. The van der Waals surface area contributed by atoms with Gasteiger partial charge in [0.1, 0.15) is 19.0 Å². The second-order valence-electron chi connectivity index (χ2n) is 6.36. The van der Waals surface area contributed by atoms with Crippen molar-refractivity contribution < 1.29 is 19.4 Å². The number of fused-ring (bicyclic) bond motifs is 1. The van der Waals surface area contributed by atoms with Gasteiger partial charge in [0.2, 0.25) is 0 Å². The molecule has 25 heavy (non-hydrogen) atoms. The Morgan fingerprint density at radius 2 is 1.88 bits per heavy atom. The predicted molar refractivity (Wildman–Crippen MR) is 93.5 cm³/mol. The minimum Gasteiger partial charge on any atom is -0.506 e. The molecule has 5 nitrogen and oxygen atoms in total. The zero-order chi connectivity index (χ0) is 17.4. The van der Waals surface area contributed by atoms with Crippen molar-refractivity contribution >= 4 is 17.5 Å². The first kappa shape index (κ1) is 16.1. The number of halogens is 1. The van der Waals surface area contributed by atoms with Crippen molar-refractivity contribution in [2.45, 2.75) is 18.9 Å². The SMILES string of the molecule is O=C(N[C@H](c1ccc2c(c1)OCCO2)C1CC1)c1ccc(O)c(Cl)c1. The Bertz CT molecular complexity index is 819. The fourth-order valence-corrected chi connectivity index (χ4v) is 3.21. The van der Waals surface area contributed by atoms with Crippen molar-refractivity contribution in [3.8, 4) is 17.2 Å². The van der Waals surface area contributed by atoms with Gasteiger partial charge in [0, 0.05) is 5.56 Å². The zero-order valence-electron chi connectivity index (χ0n) is 13.5. The van der Waals surface area contributed by atoms with E-state index in [2.05, 4.69) is 5.32 Å². The zero-order valence-corrected chi connectivity index (χ0v) is 14.3. The molecule has 130 valence electrons. The molecule has 1 aliphatic carbocycles. The quantitative estimate of drug-likeness (QED) is 0.873. The van der Waals surface area contributed by atoms with E-state index in [1.54, 1.807) is 6.07 Å². The summed E-state index contributed by atoms with van der Waals surface area (Å²) in [5, 5.41) is 12.8. The number of phenolic OH excluding ortho intramolecular Hbond substituents is 1. The summed E-state index contributed by atoms with van der Waals surface area (Å²) in [4.78, 5) is 12.6. The van der Waals surface area contributed by atoms with Gasteiger partial charge in [-0.2, -0.15) is 0 Å². The highest BCUT2D eigenvalue weighted by molar-refractivity contribution is 6.32. The predicted octanol–water partition coefficient (Wildman–Crippen LogP) is 3.70. The van der Waals surface area contributed by atoms with Gasteiger partial charge in [-0.05, 0) is 54.7 Å². The molecule has 1 amide bonds. The van der Waals surface area contributed by atoms with Gasteiger partial charge in [-0.1, -0.05) is 17.7 Å². The fourth-order valence-electron chi connectivity index (χ4n) is 3.03. The van der Waals surface area contributed by atoms with E-state index in [-0.39, 0.29) is 22.7 Å². The summed E-state index contributed by atoms with van der Waals surface area (Å²) in [7, 11) is 0. The second-order valence-corrected chi connectivity index (χ2v) is 6.77. The molecule has 2 aromatic rings. The average Bonchev–Trinajstić information content (AvgIpc) is 3.46. The molecule has 0 bridgehead atoms. The van der Waals surface area contributed by atoms with Gasteiger partial charge >= 0.3 is 0 Å². The number of benzene rings is 2. The number of aromatic hydroxyl groups is 1. The lowest BCUT2D eigenvalue weighted by atomic mass is 10.0. The third-order valence-corrected chi connectivity index (χ3v) is 4.82. The number of rotatable bonds is 4. The van der Waals surface area contributed by atoms with Gasteiger partial charge in [0.05, 0.1) is 11.1 Å². The van der Waals surface area contributed by atoms with Gasteiger partial charge in [-0.3, -0.25) is 4.79 Å². The molecule has 1 atom stereocenters. The minimum atomic E-state index is -0.214. The first-order chi connectivity index (χ1) is 12.1. The van der Waals surface area contributed by atoms with E-state index in [9.17, 15) is 9.90 Å². The van der Waals surface area contributed by atoms with Crippen LogP contribution in [0.1, 0.15) is 34.8 Å². The van der Waals surface area contributed by atoms with E-state index < -0.39 is 0 Å². The molecular weight excluding hydrogens is 342 g/mol. The minimum absolute atomic E-state index is 0.0382. The van der Waals surface area contributed by atoms with Crippen LogP contribution >= 0.6 is 11.6 Å². The van der Waals surface area contributed by atoms with Gasteiger partial charge in [-0.15, -0.1) is 0 Å². The third kappa shape index (κ3) is 3.37. The van der Waals surface area contributed by atoms with Crippen LogP contribution in [0.15, 0.2) is 36.4 Å². The number of nitrogens with one attached hydrogen (secondary N) is 1. The standard InChI is InChI=1S/C19H18ClNO4/c20-14-9-13(3-5-15(14)22)19(23)21-18(11-1-2-11)12-4-6-16-17(10-12)25-8-7-24-16/h3-6,9-11,18,22H,1-2,7-8H2,(H,21,23)/t18-/m0/s1. The number of hydrogen-bond donors (Lipinski definition) is 2. The summed E-state index contributed by atoms with van der Waals surface area (Å²) in [6.07, 6.45) is 2.16. The van der Waals surface area contributed by atoms with Crippen molar-refractivity contribution in [1.29, 1.82) is 0 Å². The smallest absolute Gasteiger partial charge is 0.251 e. The Morgan fingerprint density at radius 3 is 2.60 bits per heavy atom. The first-order valence-electron chi connectivity index (χ1n) is 8.31. The van der Waals surface area contributed by atoms with Crippen LogP contribution in [-0.2, 0) is 0 Å². The van der Waals surface area contributed by atoms with E-state index in [0.29, 0.717) is 24.7 Å². The Labute approximate surface area is 150 Å². The molecule has 1 heterocycles. The first-order valence-corrected chi connectivity index (χ1v) is 8.68. The molecule has 1 saturated carbocycles. The van der Waals surface area contributed by atoms with Gasteiger partial charge in [0.25, 0.3) is 5.91 Å². The van der Waals surface area contributed by atoms with Gasteiger partial charge in [-0.25, -0.2) is 0 Å². The summed E-state index contributed by atoms with van der Waals surface area (Å²) in [5.74, 6) is 1.62. The Hall–Kier alpha value is -2.40. The van der Waals surface area contributed by atoms with Crippen molar-refractivity contribution in [1.82, 2.24) is 5.32 Å². The third-order valence-electron chi connectivity index (χ3n) is 4.52. The van der Waals surface area contributed by atoms with Crippen LogP contribution in [-0.4, -0.2) is 24.2 Å². The maximum Gasteiger partial charge on any atom is 0.251 e. The Balaban J connectivity index is 1.57. The number of phenols is 1. The molecule has 4 rings (SSSR count). The number of amides is 1. The van der Waals surface area contributed by atoms with E-state index in [1.807, 2.05) is 18.2 Å². The summed E-state index contributed by atoms with van der Waals surface area (Å²) in [6, 6.07) is 10.2. The van der Waals surface area contributed by atoms with Crippen LogP contribution in [0.3, 0.4) is 0 Å². The topological polar surface area (TPSA) is 67.8 Å². The van der Waals surface area contributed by atoms with Crippen molar-refractivity contribution in [2.24, 2.45) is 5.92 Å². The molecule has 0 radical (unpaired) electrons. The largest absolute Gasteiger partial charge is 0.506 e. The summed E-state index contributed by atoms with van der Waals surface area (Å²) in [6.45, 7) is 1.08. The molecule has 2 aliphatic rings. The van der Waals surface area contributed by atoms with Crippen LogP contribution in [0.2, 0.25) is 5.02 Å². The molecule has 0 spiro atoms. The number of hydrogen-bond acceptors (Lipinski definition) is 4. The summed E-state index contributed by atoms with van der Waals surface area (Å²) < 4.78 is 11.2. The number of ether oxygens (including phenoxy) is 2. The lowest BCUT2D eigenvalue weighted by molar-refractivity contribution is 0.0931. The average molecular weight is 360 g/mol. The van der Waals surface area contributed by atoms with E-state index in [1.165, 1.54) is 12.1 Å². The molecule has 2 aromatic carbocycles. The molecular formula is C19H18ClNO4. The molecule has 0 unspecified atom stereocenters. The van der Waals surface area contributed by atoms with Gasteiger partial charge < -0.3 is 19.9 Å². The highest BCUT2D eigenvalue weighted by Gasteiger charge is 2.34. The van der Waals surface area contributed by atoms with Crippen molar-refractivity contribution in [3.05, 3.63) is 52.5 Å². The van der Waals surface area contributed by atoms with Crippen LogP contribution in [0.25, 0.3) is 0 Å². The van der Waals surface area contributed by atoms with Crippen molar-refractivity contribution in [3.63, 3.8) is 0 Å². The number of carbonyl (C=O) groups is 1. The van der Waals surface area contributed by atoms with E-state index in [0.717, 1.165) is 29.9 Å². The second kappa shape index (κ2) is 6.48. The van der Waals surface area contributed by atoms with Crippen LogP contribution in [0, 0.1) is 5.92 Å². The molecule has 0 aromatic heterocycles. The lowest BCUT2D eigenvalue weighted by Crippen LogP contribution is -2.30. The molecule has 1 aliphatic heterocycles. The van der Waals surface area contributed by atoms with E-state index >= 15 is 0 Å². The Morgan fingerprint density at radius 1 is 1.12 bits per heavy atom. The van der Waals surface area contributed by atoms with Crippen molar-refractivity contribution in [2.75, 3.05) is 13.2 Å². The maximum atomic E-state index is 12.6. The monoisotopic (exact) mass is 359 g/mol. The van der Waals surface area contributed by atoms with Crippen LogP contribution < -0.4 is 14.8 Å². The normalized spacial score (nSPS) is 17.0. The van der Waals surface area contributed by atoms with Gasteiger partial charge in [0.15, 0.2) is 11.5 Å². The van der Waals surface area contributed by atoms with Crippen LogP contribution in [0.4, 0.5) is 0 Å². The highest BCUT2D eigenvalue weighted by Crippen LogP contribution is 2.43.